The quantitative estimate of drug-likeness (QED) is 0.680. The van der Waals surface area contributed by atoms with E-state index in [1.165, 1.54) is 0 Å². The van der Waals surface area contributed by atoms with Gasteiger partial charge in [-0.25, -0.2) is 9.97 Å². The van der Waals surface area contributed by atoms with Crippen LogP contribution in [0.25, 0.3) is 22.4 Å². The summed E-state index contributed by atoms with van der Waals surface area (Å²) >= 11 is 6.26. The van der Waals surface area contributed by atoms with Crippen molar-refractivity contribution < 1.29 is 4.74 Å². The predicted octanol–water partition coefficient (Wildman–Crippen LogP) is 3.00. The van der Waals surface area contributed by atoms with Gasteiger partial charge >= 0.3 is 0 Å². The van der Waals surface area contributed by atoms with Crippen LogP contribution < -0.4 is 4.74 Å². The van der Waals surface area contributed by atoms with Crippen LogP contribution in [0, 0.1) is 6.92 Å². The zero-order valence-electron chi connectivity index (χ0n) is 11.4. The Morgan fingerprint density at radius 1 is 1.25 bits per heavy atom. The maximum Gasteiger partial charge on any atom is 0.161 e. The van der Waals surface area contributed by atoms with Crippen LogP contribution in [0.4, 0.5) is 0 Å². The third-order valence-electron chi connectivity index (χ3n) is 3.14. The van der Waals surface area contributed by atoms with Gasteiger partial charge in [0.05, 0.1) is 12.8 Å². The number of aromatic nitrogens is 4. The maximum atomic E-state index is 6.26. The summed E-state index contributed by atoms with van der Waals surface area (Å²) in [6.45, 7) is 1.90. The second-order valence-corrected chi connectivity index (χ2v) is 4.83. The van der Waals surface area contributed by atoms with E-state index in [2.05, 4.69) is 15.1 Å². The van der Waals surface area contributed by atoms with Crippen molar-refractivity contribution in [1.29, 1.82) is 0 Å². The highest BCUT2D eigenvalue weighted by molar-refractivity contribution is 6.33. The number of hydrogen-bond acceptors (Lipinski definition) is 4. The van der Waals surface area contributed by atoms with Gasteiger partial charge in [0.2, 0.25) is 0 Å². The predicted molar refractivity (Wildman–Crippen MR) is 78.0 cm³/mol. The molecule has 6 heteroatoms. The van der Waals surface area contributed by atoms with Gasteiger partial charge in [0.25, 0.3) is 0 Å². The fourth-order valence-corrected chi connectivity index (χ4v) is 2.47. The molecule has 1 aromatic carbocycles. The lowest BCUT2D eigenvalue weighted by Crippen LogP contribution is -1.95. The summed E-state index contributed by atoms with van der Waals surface area (Å²) in [5.41, 5.74) is 3.20. The molecule has 2 aromatic heterocycles. The molecule has 0 amide bonds. The summed E-state index contributed by atoms with van der Waals surface area (Å²) in [5.74, 6) is 1.32. The lowest BCUT2D eigenvalue weighted by atomic mass is 10.2. The first kappa shape index (κ1) is 12.9. The smallest absolute Gasteiger partial charge is 0.161 e. The van der Waals surface area contributed by atoms with E-state index >= 15 is 0 Å². The Hall–Kier alpha value is -2.14. The Bertz CT molecular complexity index is 797. The molecule has 0 fully saturated rings. The molecule has 0 saturated carbocycles. The topological polar surface area (TPSA) is 52.8 Å². The number of hydrogen-bond donors (Lipinski definition) is 0. The van der Waals surface area contributed by atoms with Crippen LogP contribution in [0.2, 0.25) is 5.15 Å². The minimum atomic E-state index is 0.399. The third kappa shape index (κ3) is 2.00. The molecular weight excluding hydrogens is 276 g/mol. The summed E-state index contributed by atoms with van der Waals surface area (Å²) in [7, 11) is 3.46. The number of rotatable bonds is 2. The first-order valence-corrected chi connectivity index (χ1v) is 6.49. The Labute approximate surface area is 121 Å². The minimum absolute atomic E-state index is 0.399. The molecule has 0 atom stereocenters. The number of fused-ring (bicyclic) bond motifs is 1. The minimum Gasteiger partial charge on any atom is -0.497 e. The molecule has 0 spiro atoms. The van der Waals surface area contributed by atoms with Gasteiger partial charge in [-0.1, -0.05) is 23.7 Å². The number of methoxy groups -OCH3 is 1. The van der Waals surface area contributed by atoms with Gasteiger partial charge in [0.15, 0.2) is 11.0 Å². The molecular formula is C14H13ClN4O. The SMILES string of the molecule is COc1cccc(-c2nc(Cl)c3c(n2)c(C)nn3C)c1. The Kier molecular flexibility index (Phi) is 3.06. The van der Waals surface area contributed by atoms with Crippen molar-refractivity contribution >= 4 is 22.6 Å². The van der Waals surface area contributed by atoms with E-state index in [0.717, 1.165) is 28.0 Å². The van der Waals surface area contributed by atoms with Gasteiger partial charge in [0, 0.05) is 12.6 Å². The standard InChI is InChI=1S/C14H13ClN4O/c1-8-11-12(19(2)18-8)13(15)17-14(16-11)9-5-4-6-10(7-9)20-3/h4-7H,1-3H3. The highest BCUT2D eigenvalue weighted by atomic mass is 35.5. The summed E-state index contributed by atoms with van der Waals surface area (Å²) in [6.07, 6.45) is 0. The van der Waals surface area contributed by atoms with E-state index in [1.54, 1.807) is 11.8 Å². The largest absolute Gasteiger partial charge is 0.497 e. The van der Waals surface area contributed by atoms with Crippen molar-refractivity contribution in [1.82, 2.24) is 19.7 Å². The first-order valence-electron chi connectivity index (χ1n) is 6.11. The van der Waals surface area contributed by atoms with Crippen LogP contribution in [0.15, 0.2) is 24.3 Å². The molecule has 0 aliphatic heterocycles. The van der Waals surface area contributed by atoms with E-state index < -0.39 is 0 Å². The second-order valence-electron chi connectivity index (χ2n) is 4.48. The summed E-state index contributed by atoms with van der Waals surface area (Å²) in [4.78, 5) is 8.93. The van der Waals surface area contributed by atoms with E-state index in [4.69, 9.17) is 16.3 Å². The third-order valence-corrected chi connectivity index (χ3v) is 3.40. The Morgan fingerprint density at radius 2 is 2.05 bits per heavy atom. The molecule has 5 nitrogen and oxygen atoms in total. The highest BCUT2D eigenvalue weighted by Crippen LogP contribution is 2.27. The van der Waals surface area contributed by atoms with Crippen molar-refractivity contribution in [3.8, 4) is 17.1 Å². The van der Waals surface area contributed by atoms with Gasteiger partial charge in [-0.15, -0.1) is 0 Å². The van der Waals surface area contributed by atoms with Gasteiger partial charge in [-0.05, 0) is 19.1 Å². The molecule has 3 aromatic rings. The number of halogens is 1. The number of nitrogens with zero attached hydrogens (tertiary/aromatic N) is 4. The van der Waals surface area contributed by atoms with E-state index in [0.29, 0.717) is 11.0 Å². The van der Waals surface area contributed by atoms with Crippen LogP contribution in [0.3, 0.4) is 0 Å². The zero-order valence-corrected chi connectivity index (χ0v) is 12.1. The van der Waals surface area contributed by atoms with Crippen LogP contribution >= 0.6 is 11.6 Å². The van der Waals surface area contributed by atoms with Crippen LogP contribution in [-0.2, 0) is 7.05 Å². The van der Waals surface area contributed by atoms with Crippen LogP contribution in [0.5, 0.6) is 5.75 Å². The lowest BCUT2D eigenvalue weighted by molar-refractivity contribution is 0.415. The van der Waals surface area contributed by atoms with Crippen LogP contribution in [-0.4, -0.2) is 26.9 Å². The highest BCUT2D eigenvalue weighted by Gasteiger charge is 2.14. The molecule has 0 N–H and O–H groups in total. The summed E-state index contributed by atoms with van der Waals surface area (Å²) in [5, 5.41) is 4.72. The molecule has 3 rings (SSSR count). The van der Waals surface area contributed by atoms with Crippen molar-refractivity contribution in [2.75, 3.05) is 7.11 Å². The van der Waals surface area contributed by atoms with Crippen molar-refractivity contribution in [3.05, 3.63) is 35.1 Å². The average Bonchev–Trinajstić information content (AvgIpc) is 2.74. The molecule has 0 aliphatic rings. The van der Waals surface area contributed by atoms with E-state index in [9.17, 15) is 0 Å². The van der Waals surface area contributed by atoms with Gasteiger partial charge in [-0.2, -0.15) is 5.10 Å². The van der Waals surface area contributed by atoms with Crippen LogP contribution in [0.1, 0.15) is 5.69 Å². The molecule has 0 radical (unpaired) electrons. The zero-order chi connectivity index (χ0) is 14.3. The Morgan fingerprint density at radius 3 is 2.80 bits per heavy atom. The Balaban J connectivity index is 2.24. The number of benzene rings is 1. The fourth-order valence-electron chi connectivity index (χ4n) is 2.18. The normalized spacial score (nSPS) is 11.0. The fraction of sp³-hybridized carbons (Fsp3) is 0.214. The molecule has 2 heterocycles. The molecule has 102 valence electrons. The molecule has 0 aliphatic carbocycles. The molecule has 0 unspecified atom stereocenters. The second kappa shape index (κ2) is 4.76. The first-order chi connectivity index (χ1) is 9.60. The van der Waals surface area contributed by atoms with Crippen molar-refractivity contribution in [2.45, 2.75) is 6.92 Å². The summed E-state index contributed by atoms with van der Waals surface area (Å²) < 4.78 is 6.91. The van der Waals surface area contributed by atoms with Crippen molar-refractivity contribution in [2.24, 2.45) is 7.05 Å². The molecule has 20 heavy (non-hydrogen) atoms. The van der Waals surface area contributed by atoms with E-state index in [1.807, 2.05) is 38.2 Å². The van der Waals surface area contributed by atoms with Gasteiger partial charge < -0.3 is 4.74 Å². The number of aryl methyl sites for hydroxylation is 2. The number of ether oxygens (including phenoxy) is 1. The van der Waals surface area contributed by atoms with E-state index in [-0.39, 0.29) is 0 Å². The molecule has 0 saturated heterocycles. The lowest BCUT2D eigenvalue weighted by Gasteiger charge is -2.05. The van der Waals surface area contributed by atoms with Gasteiger partial charge in [-0.3, -0.25) is 4.68 Å². The maximum absolute atomic E-state index is 6.26. The van der Waals surface area contributed by atoms with Gasteiger partial charge in [0.1, 0.15) is 16.8 Å². The monoisotopic (exact) mass is 288 g/mol. The molecule has 0 bridgehead atoms. The van der Waals surface area contributed by atoms with Crippen molar-refractivity contribution in [3.63, 3.8) is 0 Å². The summed E-state index contributed by atoms with van der Waals surface area (Å²) in [6, 6.07) is 7.57. The average molecular weight is 289 g/mol.